The van der Waals surface area contributed by atoms with E-state index in [9.17, 15) is 19.0 Å². The van der Waals surface area contributed by atoms with Gasteiger partial charge in [-0.1, -0.05) is 334 Å². The summed E-state index contributed by atoms with van der Waals surface area (Å²) in [5.74, 6) is -0.790. The van der Waals surface area contributed by atoms with Crippen LogP contribution in [-0.2, 0) is 32.7 Å². The van der Waals surface area contributed by atoms with Gasteiger partial charge in [0.15, 0.2) is 6.10 Å². The normalized spacial score (nSPS) is 13.8. The molecule has 0 aliphatic carbocycles. The van der Waals surface area contributed by atoms with Crippen LogP contribution in [0.3, 0.4) is 0 Å². The Morgan fingerprint density at radius 1 is 0.348 bits per heavy atom. The van der Waals surface area contributed by atoms with E-state index in [2.05, 4.69) is 135 Å². The Bertz CT molecular complexity index is 1970. The predicted molar refractivity (Wildman–Crippen MR) is 399 cm³/mol. The molecule has 0 saturated carbocycles. The van der Waals surface area contributed by atoms with Gasteiger partial charge in [-0.15, -0.1) is 0 Å². The van der Waals surface area contributed by atoms with Crippen molar-refractivity contribution in [2.75, 3.05) is 47.5 Å². The summed E-state index contributed by atoms with van der Waals surface area (Å²) in [6.45, 7) is 4.34. The van der Waals surface area contributed by atoms with E-state index in [1.165, 1.54) is 205 Å². The summed E-state index contributed by atoms with van der Waals surface area (Å²) in [7, 11) is 1.48. The van der Waals surface area contributed by atoms with Crippen molar-refractivity contribution in [2.24, 2.45) is 0 Å². The highest BCUT2D eigenvalue weighted by atomic mass is 31.2. The molecule has 0 fully saturated rings. The van der Waals surface area contributed by atoms with Crippen LogP contribution in [-0.4, -0.2) is 74.9 Å². The number of hydrogen-bond donors (Lipinski definition) is 1. The van der Waals surface area contributed by atoms with Gasteiger partial charge in [-0.25, -0.2) is 4.57 Å². The molecule has 0 aliphatic rings. The summed E-state index contributed by atoms with van der Waals surface area (Å²) < 4.78 is 34.8. The minimum atomic E-state index is -4.40. The molecule has 530 valence electrons. The Morgan fingerprint density at radius 3 is 0.924 bits per heavy atom. The van der Waals surface area contributed by atoms with Crippen LogP contribution in [0.4, 0.5) is 0 Å². The van der Waals surface area contributed by atoms with E-state index in [1.807, 2.05) is 21.1 Å². The van der Waals surface area contributed by atoms with Crippen LogP contribution < -0.4 is 0 Å². The number of carbonyl (C=O) groups excluding carboxylic acids is 2. The number of phosphoric ester groups is 1. The van der Waals surface area contributed by atoms with Gasteiger partial charge in [0.1, 0.15) is 19.8 Å². The van der Waals surface area contributed by atoms with Crippen molar-refractivity contribution in [3.63, 3.8) is 0 Å². The molecule has 0 heterocycles. The molecule has 0 aromatic heterocycles. The number of quaternary nitrogens is 1. The second-order valence-corrected chi connectivity index (χ2v) is 28.1. The Hall–Kier alpha value is -3.59. The Labute approximate surface area is 568 Å². The number of carbonyl (C=O) groups is 2. The fourth-order valence-corrected chi connectivity index (χ4v) is 11.4. The van der Waals surface area contributed by atoms with Gasteiger partial charge in [-0.2, -0.15) is 0 Å². The summed E-state index contributed by atoms with van der Waals surface area (Å²) in [4.78, 5) is 36.0. The van der Waals surface area contributed by atoms with E-state index >= 15 is 0 Å². The van der Waals surface area contributed by atoms with Crippen LogP contribution in [0.25, 0.3) is 0 Å². The summed E-state index contributed by atoms with van der Waals surface area (Å²) >= 11 is 0. The van der Waals surface area contributed by atoms with Crippen molar-refractivity contribution >= 4 is 19.8 Å². The zero-order valence-electron chi connectivity index (χ0n) is 60.5. The van der Waals surface area contributed by atoms with Gasteiger partial charge in [0.25, 0.3) is 0 Å². The zero-order chi connectivity index (χ0) is 66.9. The summed E-state index contributed by atoms with van der Waals surface area (Å²) in [6, 6.07) is 0. The molecular formula is C82H145NO8P+. The quantitative estimate of drug-likeness (QED) is 0.0211. The highest BCUT2D eigenvalue weighted by Gasteiger charge is 2.27. The van der Waals surface area contributed by atoms with Gasteiger partial charge in [0.05, 0.1) is 27.7 Å². The molecule has 0 aromatic rings. The summed E-state index contributed by atoms with van der Waals surface area (Å²) in [6.07, 6.45) is 103. The molecule has 2 atom stereocenters. The molecule has 10 heteroatoms. The maximum absolute atomic E-state index is 12.9. The van der Waals surface area contributed by atoms with E-state index in [0.717, 1.165) is 96.3 Å². The number of allylic oxidation sites excluding steroid dienone is 20. The second-order valence-electron chi connectivity index (χ2n) is 26.7. The third-order valence-electron chi connectivity index (χ3n) is 16.5. The standard InChI is InChI=1S/C82H144NO8P/c1-6-8-10-12-14-16-18-20-22-24-26-28-30-32-34-36-38-39-40-41-42-43-45-47-49-51-53-55-57-59-61-63-65-67-69-71-73-75-82(85)91-80(79-90-92(86,87)89-77-76-83(3,4)5)78-88-81(84)74-72-70-68-66-64-62-60-58-56-54-52-50-48-46-44-37-35-33-31-29-27-25-23-21-19-17-15-13-11-9-7-2/h8,10,14,16,19-22,25-28,31-34,38-39,41-42,80H,6-7,9,11-13,15,17-18,23-24,29-30,35-37,40,43-79H2,1-5H3/p+1/b10-8-,16-14-,21-19-,22-20-,27-25-,28-26-,33-31-,34-32-,39-38-,42-41-. The van der Waals surface area contributed by atoms with Crippen LogP contribution >= 0.6 is 7.82 Å². The number of likely N-dealkylation sites (N-methyl/N-ethyl adjacent to an activating group) is 1. The number of rotatable bonds is 70. The van der Waals surface area contributed by atoms with E-state index in [4.69, 9.17) is 18.5 Å². The minimum Gasteiger partial charge on any atom is -0.462 e. The van der Waals surface area contributed by atoms with Crippen LogP contribution in [0, 0.1) is 0 Å². The molecule has 92 heavy (non-hydrogen) atoms. The molecule has 9 nitrogen and oxygen atoms in total. The Balaban J connectivity index is 4.01. The maximum Gasteiger partial charge on any atom is 0.472 e. The van der Waals surface area contributed by atoms with Crippen molar-refractivity contribution in [2.45, 2.75) is 341 Å². The van der Waals surface area contributed by atoms with Crippen molar-refractivity contribution in [1.82, 2.24) is 0 Å². The van der Waals surface area contributed by atoms with Crippen molar-refractivity contribution in [1.29, 1.82) is 0 Å². The number of unbranched alkanes of at least 4 members (excludes halogenated alkanes) is 36. The van der Waals surface area contributed by atoms with Crippen LogP contribution in [0.2, 0.25) is 0 Å². The van der Waals surface area contributed by atoms with Gasteiger partial charge in [0, 0.05) is 12.8 Å². The van der Waals surface area contributed by atoms with Crippen LogP contribution in [0.15, 0.2) is 122 Å². The highest BCUT2D eigenvalue weighted by Crippen LogP contribution is 2.43. The number of esters is 2. The third kappa shape index (κ3) is 75.4. The van der Waals surface area contributed by atoms with E-state index in [1.54, 1.807) is 0 Å². The largest absolute Gasteiger partial charge is 0.472 e. The lowest BCUT2D eigenvalue weighted by molar-refractivity contribution is -0.870. The number of hydrogen-bond acceptors (Lipinski definition) is 7. The number of phosphoric acid groups is 1. The Morgan fingerprint density at radius 2 is 0.620 bits per heavy atom. The average Bonchev–Trinajstić information content (AvgIpc) is 2.34. The van der Waals surface area contributed by atoms with Crippen molar-refractivity contribution < 1.29 is 42.1 Å². The third-order valence-corrected chi connectivity index (χ3v) is 17.5. The smallest absolute Gasteiger partial charge is 0.462 e. The Kier molecular flexibility index (Phi) is 68.9. The molecule has 0 aliphatic heterocycles. The lowest BCUT2D eigenvalue weighted by Gasteiger charge is -2.24. The first-order valence-corrected chi connectivity index (χ1v) is 39.8. The molecule has 0 aromatic carbocycles. The molecule has 0 radical (unpaired) electrons. The van der Waals surface area contributed by atoms with Gasteiger partial charge >= 0.3 is 19.8 Å². The topological polar surface area (TPSA) is 108 Å². The van der Waals surface area contributed by atoms with Gasteiger partial charge < -0.3 is 18.9 Å². The molecular weight excluding hydrogens is 1160 g/mol. The first-order chi connectivity index (χ1) is 45.0. The number of ether oxygens (including phenoxy) is 2. The maximum atomic E-state index is 12.9. The van der Waals surface area contributed by atoms with Crippen molar-refractivity contribution in [3.05, 3.63) is 122 Å². The minimum absolute atomic E-state index is 0.0287. The van der Waals surface area contributed by atoms with Gasteiger partial charge in [-0.05, 0) is 109 Å². The molecule has 0 spiro atoms. The predicted octanol–water partition coefficient (Wildman–Crippen LogP) is 25.4. The van der Waals surface area contributed by atoms with Gasteiger partial charge in [0.2, 0.25) is 0 Å². The highest BCUT2D eigenvalue weighted by molar-refractivity contribution is 7.47. The first kappa shape index (κ1) is 88.4. The molecule has 1 N–H and O–H groups in total. The van der Waals surface area contributed by atoms with E-state index in [0.29, 0.717) is 17.4 Å². The number of nitrogens with zero attached hydrogens (tertiary/aromatic N) is 1. The average molecular weight is 1300 g/mol. The molecule has 0 rings (SSSR count). The van der Waals surface area contributed by atoms with E-state index < -0.39 is 26.5 Å². The zero-order valence-corrected chi connectivity index (χ0v) is 61.4. The monoisotopic (exact) mass is 1300 g/mol. The second kappa shape index (κ2) is 71.7. The SMILES string of the molecule is CC/C=C\C/C=C\C/C=C\C/C=C\C/C=C\C/C=C\C/C=C\CCCCCCCCCCCCCCCCCC(=O)OC(COC(=O)CCCCCCCCCCCCCCCCCC/C=C\C/C=C\C/C=C\CCCCCCC)COP(=O)(O)OCC[N+](C)(C)C. The van der Waals surface area contributed by atoms with Crippen molar-refractivity contribution in [3.8, 4) is 0 Å². The fraction of sp³-hybridized carbons (Fsp3) is 0.732. The molecule has 0 bridgehead atoms. The van der Waals surface area contributed by atoms with E-state index in [-0.39, 0.29) is 32.0 Å². The first-order valence-electron chi connectivity index (χ1n) is 38.3. The molecule has 0 saturated heterocycles. The lowest BCUT2D eigenvalue weighted by Crippen LogP contribution is -2.37. The fourth-order valence-electron chi connectivity index (χ4n) is 10.7. The summed E-state index contributed by atoms with van der Waals surface area (Å²) in [5.41, 5.74) is 0. The molecule has 0 amide bonds. The lowest BCUT2D eigenvalue weighted by atomic mass is 10.0. The van der Waals surface area contributed by atoms with Crippen LogP contribution in [0.1, 0.15) is 335 Å². The van der Waals surface area contributed by atoms with Crippen LogP contribution in [0.5, 0.6) is 0 Å². The summed E-state index contributed by atoms with van der Waals surface area (Å²) in [5, 5.41) is 0. The van der Waals surface area contributed by atoms with Gasteiger partial charge in [-0.3, -0.25) is 18.6 Å². The molecule has 2 unspecified atom stereocenters.